The molecule has 0 bridgehead atoms. The molecule has 5 nitrogen and oxygen atoms in total. The highest BCUT2D eigenvalue weighted by Crippen LogP contribution is 2.32. The molecule has 3 heterocycles. The van der Waals surface area contributed by atoms with Gasteiger partial charge >= 0.3 is 0 Å². The Hall–Kier alpha value is -2.11. The van der Waals surface area contributed by atoms with Crippen LogP contribution in [0.3, 0.4) is 0 Å². The standard InChI is InChI=1S/C23H32N4O/c1-19-7-9-20(10-8-19)23-21-6-5-14-26(21)16-17-27(23)18-22(28)24-11-15-25-12-3-2-4-13-25/h5-10,14,23H,2-4,11-13,15-18H2,1H3,(H,24,28). The van der Waals surface area contributed by atoms with Gasteiger partial charge in [-0.2, -0.15) is 0 Å². The second kappa shape index (κ2) is 8.93. The summed E-state index contributed by atoms with van der Waals surface area (Å²) in [6, 6.07) is 13.1. The molecule has 0 radical (unpaired) electrons. The Morgan fingerprint density at radius 1 is 1.04 bits per heavy atom. The molecule has 1 fully saturated rings. The fourth-order valence-corrected chi connectivity index (χ4v) is 4.51. The largest absolute Gasteiger partial charge is 0.354 e. The van der Waals surface area contributed by atoms with E-state index in [1.165, 1.54) is 49.2 Å². The van der Waals surface area contributed by atoms with Gasteiger partial charge in [-0.1, -0.05) is 36.2 Å². The lowest BCUT2D eigenvalue weighted by atomic mass is 9.99. The number of carbonyl (C=O) groups excluding carboxylic acids is 1. The first-order chi connectivity index (χ1) is 13.7. The average molecular weight is 381 g/mol. The van der Waals surface area contributed by atoms with E-state index in [1.54, 1.807) is 0 Å². The highest BCUT2D eigenvalue weighted by molar-refractivity contribution is 5.78. The Kier molecular flexibility index (Phi) is 6.13. The minimum absolute atomic E-state index is 0.133. The summed E-state index contributed by atoms with van der Waals surface area (Å²) < 4.78 is 2.31. The van der Waals surface area contributed by atoms with Crippen molar-refractivity contribution in [3.8, 4) is 0 Å². The molecule has 0 saturated carbocycles. The molecule has 1 aromatic carbocycles. The van der Waals surface area contributed by atoms with E-state index < -0.39 is 0 Å². The Balaban J connectivity index is 1.39. The number of likely N-dealkylation sites (tertiary alicyclic amines) is 1. The number of hydrogen-bond acceptors (Lipinski definition) is 3. The quantitative estimate of drug-likeness (QED) is 0.838. The Morgan fingerprint density at radius 3 is 2.61 bits per heavy atom. The number of aryl methyl sites for hydroxylation is 1. The summed E-state index contributed by atoms with van der Waals surface area (Å²) in [5.41, 5.74) is 3.79. The topological polar surface area (TPSA) is 40.5 Å². The third-order valence-corrected chi connectivity index (χ3v) is 6.08. The number of piperidine rings is 1. The Labute approximate surface area is 168 Å². The summed E-state index contributed by atoms with van der Waals surface area (Å²) >= 11 is 0. The monoisotopic (exact) mass is 380 g/mol. The van der Waals surface area contributed by atoms with E-state index >= 15 is 0 Å². The second-order valence-electron chi connectivity index (χ2n) is 8.16. The SMILES string of the molecule is Cc1ccc(C2c3cccn3CCN2CC(=O)NCCN2CCCCC2)cc1. The Bertz CT molecular complexity index is 776. The van der Waals surface area contributed by atoms with E-state index in [2.05, 4.69) is 69.2 Å². The number of rotatable bonds is 6. The molecular weight excluding hydrogens is 348 g/mol. The summed E-state index contributed by atoms with van der Waals surface area (Å²) in [5.74, 6) is 0.133. The lowest BCUT2D eigenvalue weighted by Gasteiger charge is -2.37. The molecule has 5 heteroatoms. The smallest absolute Gasteiger partial charge is 0.234 e. The molecular formula is C23H32N4O. The second-order valence-corrected chi connectivity index (χ2v) is 8.16. The minimum atomic E-state index is 0.133. The zero-order valence-corrected chi connectivity index (χ0v) is 16.9. The maximum atomic E-state index is 12.7. The first-order valence-corrected chi connectivity index (χ1v) is 10.7. The van der Waals surface area contributed by atoms with Gasteiger partial charge in [0, 0.05) is 38.1 Å². The van der Waals surface area contributed by atoms with E-state index in [4.69, 9.17) is 0 Å². The highest BCUT2D eigenvalue weighted by atomic mass is 16.2. The number of nitrogens with one attached hydrogen (secondary N) is 1. The molecule has 1 saturated heterocycles. The van der Waals surface area contributed by atoms with Crippen LogP contribution in [0.4, 0.5) is 0 Å². The van der Waals surface area contributed by atoms with Crippen LogP contribution in [0, 0.1) is 6.92 Å². The van der Waals surface area contributed by atoms with Crippen LogP contribution in [0.25, 0.3) is 0 Å². The summed E-state index contributed by atoms with van der Waals surface area (Å²) in [6.45, 7) is 8.45. The van der Waals surface area contributed by atoms with Gasteiger partial charge < -0.3 is 14.8 Å². The van der Waals surface area contributed by atoms with E-state index in [0.717, 1.165) is 26.2 Å². The van der Waals surface area contributed by atoms with Gasteiger partial charge in [0.25, 0.3) is 0 Å². The summed E-state index contributed by atoms with van der Waals surface area (Å²) in [5, 5.41) is 3.15. The molecule has 2 aliphatic rings. The number of carbonyl (C=O) groups is 1. The summed E-state index contributed by atoms with van der Waals surface area (Å²) in [7, 11) is 0. The van der Waals surface area contributed by atoms with Crippen molar-refractivity contribution in [2.75, 3.05) is 39.3 Å². The number of benzene rings is 1. The number of hydrogen-bond donors (Lipinski definition) is 1. The van der Waals surface area contributed by atoms with Crippen molar-refractivity contribution in [3.05, 3.63) is 59.4 Å². The lowest BCUT2D eigenvalue weighted by Crippen LogP contribution is -2.45. The summed E-state index contributed by atoms with van der Waals surface area (Å²) in [6.07, 6.45) is 6.08. The first-order valence-electron chi connectivity index (χ1n) is 10.7. The number of aromatic nitrogens is 1. The van der Waals surface area contributed by atoms with Crippen LogP contribution in [-0.4, -0.2) is 59.5 Å². The Morgan fingerprint density at radius 2 is 1.82 bits per heavy atom. The van der Waals surface area contributed by atoms with Gasteiger partial charge in [-0.05, 0) is 50.6 Å². The molecule has 28 heavy (non-hydrogen) atoms. The molecule has 150 valence electrons. The van der Waals surface area contributed by atoms with Crippen LogP contribution in [0.5, 0.6) is 0 Å². The van der Waals surface area contributed by atoms with Crippen LogP contribution in [0.2, 0.25) is 0 Å². The van der Waals surface area contributed by atoms with Crippen molar-refractivity contribution >= 4 is 5.91 Å². The van der Waals surface area contributed by atoms with Crippen LogP contribution in [0.15, 0.2) is 42.6 Å². The van der Waals surface area contributed by atoms with E-state index in [9.17, 15) is 4.79 Å². The van der Waals surface area contributed by atoms with Crippen molar-refractivity contribution < 1.29 is 4.79 Å². The van der Waals surface area contributed by atoms with E-state index in [0.29, 0.717) is 6.54 Å². The molecule has 0 spiro atoms. The third-order valence-electron chi connectivity index (χ3n) is 6.08. The normalized spacial score (nSPS) is 20.7. The fourth-order valence-electron chi connectivity index (χ4n) is 4.51. The van der Waals surface area contributed by atoms with Gasteiger partial charge in [-0.25, -0.2) is 0 Å². The van der Waals surface area contributed by atoms with Crippen LogP contribution in [0.1, 0.15) is 42.1 Å². The zero-order valence-electron chi connectivity index (χ0n) is 16.9. The molecule has 1 amide bonds. The molecule has 1 unspecified atom stereocenters. The van der Waals surface area contributed by atoms with Gasteiger partial charge in [-0.3, -0.25) is 9.69 Å². The minimum Gasteiger partial charge on any atom is -0.354 e. The highest BCUT2D eigenvalue weighted by Gasteiger charge is 2.29. The van der Waals surface area contributed by atoms with Crippen molar-refractivity contribution in [2.45, 2.75) is 38.8 Å². The molecule has 1 atom stereocenters. The van der Waals surface area contributed by atoms with Gasteiger partial charge in [0.1, 0.15) is 0 Å². The van der Waals surface area contributed by atoms with E-state index in [1.807, 2.05) is 0 Å². The van der Waals surface area contributed by atoms with Gasteiger partial charge in [-0.15, -0.1) is 0 Å². The predicted octanol–water partition coefficient (Wildman–Crippen LogP) is 2.80. The maximum absolute atomic E-state index is 12.7. The van der Waals surface area contributed by atoms with Crippen molar-refractivity contribution in [1.82, 2.24) is 19.7 Å². The van der Waals surface area contributed by atoms with Gasteiger partial charge in [0.2, 0.25) is 5.91 Å². The molecule has 1 aromatic heterocycles. The zero-order chi connectivity index (χ0) is 19.3. The lowest BCUT2D eigenvalue weighted by molar-refractivity contribution is -0.122. The maximum Gasteiger partial charge on any atom is 0.234 e. The molecule has 2 aromatic rings. The number of nitrogens with zero attached hydrogens (tertiary/aromatic N) is 3. The van der Waals surface area contributed by atoms with Gasteiger partial charge in [0.15, 0.2) is 0 Å². The average Bonchev–Trinajstić information content (AvgIpc) is 3.18. The molecule has 0 aliphatic carbocycles. The number of amides is 1. The van der Waals surface area contributed by atoms with Crippen LogP contribution < -0.4 is 5.32 Å². The molecule has 4 rings (SSSR count). The first kappa shape index (κ1) is 19.2. The van der Waals surface area contributed by atoms with Crippen molar-refractivity contribution in [3.63, 3.8) is 0 Å². The third kappa shape index (κ3) is 4.47. The van der Waals surface area contributed by atoms with Gasteiger partial charge in [0.05, 0.1) is 12.6 Å². The predicted molar refractivity (Wildman–Crippen MR) is 112 cm³/mol. The summed E-state index contributed by atoms with van der Waals surface area (Å²) in [4.78, 5) is 17.4. The van der Waals surface area contributed by atoms with Crippen molar-refractivity contribution in [1.29, 1.82) is 0 Å². The van der Waals surface area contributed by atoms with Crippen LogP contribution in [-0.2, 0) is 11.3 Å². The number of fused-ring (bicyclic) bond motifs is 1. The van der Waals surface area contributed by atoms with E-state index in [-0.39, 0.29) is 11.9 Å². The molecule has 1 N–H and O–H groups in total. The fraction of sp³-hybridized carbons (Fsp3) is 0.522. The molecule has 2 aliphatic heterocycles. The van der Waals surface area contributed by atoms with Crippen LogP contribution >= 0.6 is 0 Å². The van der Waals surface area contributed by atoms with Crippen molar-refractivity contribution in [2.24, 2.45) is 0 Å².